The number of hydrogen-bond acceptors (Lipinski definition) is 8. The van der Waals surface area contributed by atoms with Crippen LogP contribution in [-0.4, -0.2) is 61.0 Å². The van der Waals surface area contributed by atoms with E-state index in [0.717, 1.165) is 37.2 Å². The van der Waals surface area contributed by atoms with Crippen LogP contribution in [0.4, 0.5) is 4.39 Å². The van der Waals surface area contributed by atoms with Crippen molar-refractivity contribution in [3.8, 4) is 22.6 Å². The van der Waals surface area contributed by atoms with Crippen LogP contribution in [0.25, 0.3) is 33.8 Å². The normalized spacial score (nSPS) is 14.9. The number of carbonyl (C=O) groups is 1. The molecule has 6 rings (SSSR count). The standard InChI is InChI=1S/C31H33FN8O2/c1-31(2,3)30-38-28(39-42-30)29(41)35-17-21-6-5-19(15-23(21)32)22-9-12-33-27-25(22)36-26(37-27)24-8-7-20(16-34-24)18-10-13-40(4)14-11-18/h5-9,12,15-16,18H,10-11,13-14,17H2,1-4H3,(H,35,41)(H,33,36,37). The number of likely N-dealkylation sites (tertiary alicyclic amines) is 1. The number of piperidine rings is 1. The zero-order valence-electron chi connectivity index (χ0n) is 24.1. The predicted octanol–water partition coefficient (Wildman–Crippen LogP) is 5.25. The van der Waals surface area contributed by atoms with Crippen molar-refractivity contribution in [2.75, 3.05) is 20.1 Å². The van der Waals surface area contributed by atoms with Gasteiger partial charge in [0.2, 0.25) is 5.89 Å². The highest BCUT2D eigenvalue weighted by molar-refractivity contribution is 5.91. The van der Waals surface area contributed by atoms with Crippen molar-refractivity contribution < 1.29 is 13.7 Å². The van der Waals surface area contributed by atoms with Crippen LogP contribution in [0.5, 0.6) is 0 Å². The van der Waals surface area contributed by atoms with Gasteiger partial charge >= 0.3 is 0 Å². The van der Waals surface area contributed by atoms with E-state index in [1.165, 1.54) is 11.6 Å². The Labute approximate surface area is 242 Å². The average molecular weight is 569 g/mol. The molecule has 1 aliphatic heterocycles. The first-order chi connectivity index (χ1) is 20.2. The molecule has 10 nitrogen and oxygen atoms in total. The van der Waals surface area contributed by atoms with Crippen molar-refractivity contribution >= 4 is 17.1 Å². The number of pyridine rings is 2. The van der Waals surface area contributed by atoms with Crippen molar-refractivity contribution in [2.24, 2.45) is 0 Å². The Bertz CT molecular complexity index is 1730. The molecule has 0 aliphatic carbocycles. The number of imidazole rings is 1. The van der Waals surface area contributed by atoms with Gasteiger partial charge < -0.3 is 19.7 Å². The second-order valence-corrected chi connectivity index (χ2v) is 11.9. The monoisotopic (exact) mass is 568 g/mol. The van der Waals surface area contributed by atoms with Crippen LogP contribution >= 0.6 is 0 Å². The van der Waals surface area contributed by atoms with E-state index >= 15 is 4.39 Å². The summed E-state index contributed by atoms with van der Waals surface area (Å²) in [6.07, 6.45) is 5.87. The van der Waals surface area contributed by atoms with Gasteiger partial charge in [0.25, 0.3) is 11.7 Å². The van der Waals surface area contributed by atoms with Crippen LogP contribution in [0.3, 0.4) is 0 Å². The number of H-pyrrole nitrogens is 1. The van der Waals surface area contributed by atoms with Gasteiger partial charge in [0.1, 0.15) is 11.5 Å². The maximum Gasteiger partial charge on any atom is 0.292 e. The molecule has 1 amide bonds. The Hall–Kier alpha value is -4.51. The highest BCUT2D eigenvalue weighted by atomic mass is 19.1. The molecule has 216 valence electrons. The molecular formula is C31H33FN8O2. The molecule has 42 heavy (non-hydrogen) atoms. The molecule has 1 aliphatic rings. The van der Waals surface area contributed by atoms with Crippen molar-refractivity contribution in [2.45, 2.75) is 51.5 Å². The van der Waals surface area contributed by atoms with E-state index in [0.29, 0.717) is 39.9 Å². The SMILES string of the molecule is CN1CCC(c2ccc(-c3nc4nccc(-c5ccc(CNC(=O)c6noc(C(C)(C)C)n6)c(F)c5)c4[nH]3)nc2)CC1. The van der Waals surface area contributed by atoms with Crippen molar-refractivity contribution in [3.63, 3.8) is 0 Å². The van der Waals surface area contributed by atoms with Crippen molar-refractivity contribution in [3.05, 3.63) is 77.5 Å². The molecule has 0 saturated carbocycles. The molecule has 1 fully saturated rings. The zero-order valence-corrected chi connectivity index (χ0v) is 24.1. The Morgan fingerprint density at radius 3 is 2.62 bits per heavy atom. The number of halogens is 1. The predicted molar refractivity (Wildman–Crippen MR) is 156 cm³/mol. The van der Waals surface area contributed by atoms with Gasteiger partial charge in [0.05, 0.1) is 5.52 Å². The van der Waals surface area contributed by atoms with Crippen LogP contribution in [0.1, 0.15) is 67.2 Å². The lowest BCUT2D eigenvalue weighted by atomic mass is 9.90. The third kappa shape index (κ3) is 5.64. The van der Waals surface area contributed by atoms with E-state index in [9.17, 15) is 4.79 Å². The Kier molecular flexibility index (Phi) is 7.28. The highest BCUT2D eigenvalue weighted by Crippen LogP contribution is 2.31. The topological polar surface area (TPSA) is 126 Å². The van der Waals surface area contributed by atoms with Gasteiger partial charge in [0.15, 0.2) is 11.5 Å². The molecule has 5 aromatic rings. The van der Waals surface area contributed by atoms with Crippen LogP contribution in [0.15, 0.2) is 53.3 Å². The van der Waals surface area contributed by atoms with E-state index in [1.807, 2.05) is 39.1 Å². The molecule has 1 saturated heterocycles. The minimum atomic E-state index is -0.536. The summed E-state index contributed by atoms with van der Waals surface area (Å²) in [6, 6.07) is 10.8. The van der Waals surface area contributed by atoms with Crippen LogP contribution in [-0.2, 0) is 12.0 Å². The number of hydrogen-bond donors (Lipinski definition) is 2. The second kappa shape index (κ2) is 11.1. The largest absolute Gasteiger partial charge is 0.345 e. The summed E-state index contributed by atoms with van der Waals surface area (Å²) in [5, 5.41) is 6.40. The zero-order chi connectivity index (χ0) is 29.4. The maximum atomic E-state index is 15.2. The molecule has 0 unspecified atom stereocenters. The number of benzene rings is 1. The maximum absolute atomic E-state index is 15.2. The van der Waals surface area contributed by atoms with Gasteiger partial charge in [-0.1, -0.05) is 44.1 Å². The van der Waals surface area contributed by atoms with E-state index in [2.05, 4.69) is 48.4 Å². The lowest BCUT2D eigenvalue weighted by Crippen LogP contribution is -2.29. The molecule has 0 bridgehead atoms. The average Bonchev–Trinajstić information content (AvgIpc) is 3.65. The summed E-state index contributed by atoms with van der Waals surface area (Å²) in [4.78, 5) is 36.1. The lowest BCUT2D eigenvalue weighted by Gasteiger charge is -2.28. The number of rotatable bonds is 6. The summed E-state index contributed by atoms with van der Waals surface area (Å²) in [5.74, 6) is 0.416. The number of amides is 1. The number of fused-ring (bicyclic) bond motifs is 1. The summed E-state index contributed by atoms with van der Waals surface area (Å²) < 4.78 is 20.4. The molecule has 1 aromatic carbocycles. The first kappa shape index (κ1) is 27.6. The van der Waals surface area contributed by atoms with Gasteiger partial charge in [-0.2, -0.15) is 4.98 Å². The van der Waals surface area contributed by atoms with Crippen molar-refractivity contribution in [1.82, 2.24) is 40.3 Å². The van der Waals surface area contributed by atoms with Crippen LogP contribution in [0, 0.1) is 5.82 Å². The molecule has 11 heteroatoms. The third-order valence-corrected chi connectivity index (χ3v) is 7.69. The fourth-order valence-corrected chi connectivity index (χ4v) is 5.13. The van der Waals surface area contributed by atoms with E-state index in [-0.39, 0.29) is 17.8 Å². The van der Waals surface area contributed by atoms with E-state index in [1.54, 1.807) is 18.3 Å². The molecule has 2 N–H and O–H groups in total. The van der Waals surface area contributed by atoms with Crippen LogP contribution in [0.2, 0.25) is 0 Å². The van der Waals surface area contributed by atoms with Gasteiger partial charge in [-0.25, -0.2) is 14.4 Å². The molecule has 0 atom stereocenters. The fraction of sp³-hybridized carbons (Fsp3) is 0.355. The van der Waals surface area contributed by atoms with Gasteiger partial charge in [-0.3, -0.25) is 9.78 Å². The number of nitrogens with one attached hydrogen (secondary N) is 2. The lowest BCUT2D eigenvalue weighted by molar-refractivity contribution is 0.0937. The fourth-order valence-electron chi connectivity index (χ4n) is 5.13. The Morgan fingerprint density at radius 1 is 1.12 bits per heavy atom. The molecule has 4 aromatic heterocycles. The minimum Gasteiger partial charge on any atom is -0.345 e. The molecule has 0 spiro atoms. The van der Waals surface area contributed by atoms with Gasteiger partial charge in [-0.15, -0.1) is 0 Å². The first-order valence-corrected chi connectivity index (χ1v) is 14.1. The van der Waals surface area contributed by atoms with Crippen molar-refractivity contribution in [1.29, 1.82) is 0 Å². The summed E-state index contributed by atoms with van der Waals surface area (Å²) in [5.41, 5.74) is 4.56. The minimum absolute atomic E-state index is 0.0243. The molecule has 0 radical (unpaired) electrons. The smallest absolute Gasteiger partial charge is 0.292 e. The summed E-state index contributed by atoms with van der Waals surface area (Å²) in [6.45, 7) is 7.89. The summed E-state index contributed by atoms with van der Waals surface area (Å²) >= 11 is 0. The molecular weight excluding hydrogens is 535 g/mol. The van der Waals surface area contributed by atoms with E-state index in [4.69, 9.17) is 9.51 Å². The molecule has 5 heterocycles. The number of carbonyl (C=O) groups excluding carboxylic acids is 1. The van der Waals surface area contributed by atoms with Crippen LogP contribution < -0.4 is 5.32 Å². The third-order valence-electron chi connectivity index (χ3n) is 7.69. The first-order valence-electron chi connectivity index (χ1n) is 14.1. The summed E-state index contributed by atoms with van der Waals surface area (Å²) in [7, 11) is 2.16. The number of nitrogens with zero attached hydrogens (tertiary/aromatic N) is 6. The second-order valence-electron chi connectivity index (χ2n) is 11.9. The van der Waals surface area contributed by atoms with E-state index < -0.39 is 11.7 Å². The Morgan fingerprint density at radius 2 is 1.93 bits per heavy atom. The number of aromatic amines is 1. The van der Waals surface area contributed by atoms with Gasteiger partial charge in [0, 0.05) is 35.5 Å². The quantitative estimate of drug-likeness (QED) is 0.285. The Balaban J connectivity index is 1.18. The number of aromatic nitrogens is 6. The van der Waals surface area contributed by atoms with Gasteiger partial charge in [-0.05, 0) is 68.2 Å². The highest BCUT2D eigenvalue weighted by Gasteiger charge is 2.24.